The summed E-state index contributed by atoms with van der Waals surface area (Å²) in [6.45, 7) is 0.0652. The van der Waals surface area contributed by atoms with Gasteiger partial charge < -0.3 is 10.1 Å². The summed E-state index contributed by atoms with van der Waals surface area (Å²) in [5, 5.41) is 4.95. The van der Waals surface area contributed by atoms with E-state index in [1.54, 1.807) is 12.1 Å². The summed E-state index contributed by atoms with van der Waals surface area (Å²) in [6, 6.07) is 19.9. The predicted molar refractivity (Wildman–Crippen MR) is 109 cm³/mol. The summed E-state index contributed by atoms with van der Waals surface area (Å²) in [7, 11) is -0.864. The highest BCUT2D eigenvalue weighted by Crippen LogP contribution is 2.19. The summed E-state index contributed by atoms with van der Waals surface area (Å²) in [6.07, 6.45) is 0. The number of carbonyl (C=O) groups is 1. The van der Waals surface area contributed by atoms with Crippen molar-refractivity contribution in [3.63, 3.8) is 0 Å². The fourth-order valence-electron chi connectivity index (χ4n) is 2.91. The Hall–Kier alpha value is -2.90. The normalized spacial score (nSPS) is 11.5. The molecule has 3 rings (SSSR count). The number of nitrogens with zero attached hydrogens (tertiary/aromatic N) is 1. The lowest BCUT2D eigenvalue weighted by atomic mass is 10.0. The minimum absolute atomic E-state index is 0.109. The number of benzene rings is 3. The van der Waals surface area contributed by atoms with Crippen LogP contribution < -0.4 is 10.1 Å². The van der Waals surface area contributed by atoms with E-state index in [2.05, 4.69) is 5.32 Å². The van der Waals surface area contributed by atoms with Gasteiger partial charge in [0.15, 0.2) is 0 Å². The highest BCUT2D eigenvalue weighted by Gasteiger charge is 2.23. The average Bonchev–Trinajstić information content (AvgIpc) is 2.72. The van der Waals surface area contributed by atoms with Gasteiger partial charge in [-0.2, -0.15) is 4.31 Å². The average molecular weight is 398 g/mol. The number of likely N-dealkylation sites (N-methyl/N-ethyl adjacent to an activating group) is 1. The van der Waals surface area contributed by atoms with Crippen LogP contribution in [-0.2, 0) is 21.4 Å². The molecule has 28 heavy (non-hydrogen) atoms. The highest BCUT2D eigenvalue weighted by molar-refractivity contribution is 7.89. The molecule has 146 valence electrons. The van der Waals surface area contributed by atoms with Crippen molar-refractivity contribution in [2.75, 3.05) is 20.7 Å². The van der Waals surface area contributed by atoms with Crippen molar-refractivity contribution in [2.45, 2.75) is 11.4 Å². The fourth-order valence-corrected chi connectivity index (χ4v) is 4.04. The number of sulfonamides is 1. The molecule has 1 amide bonds. The van der Waals surface area contributed by atoms with Gasteiger partial charge in [-0.25, -0.2) is 8.42 Å². The zero-order valence-electron chi connectivity index (χ0n) is 15.8. The predicted octanol–water partition coefficient (Wildman–Crippen LogP) is 2.79. The van der Waals surface area contributed by atoms with Gasteiger partial charge in [0.05, 0.1) is 18.6 Å². The first-order chi connectivity index (χ1) is 13.4. The lowest BCUT2D eigenvalue weighted by Crippen LogP contribution is -2.38. The van der Waals surface area contributed by atoms with E-state index in [1.165, 1.54) is 26.3 Å². The van der Waals surface area contributed by atoms with Crippen molar-refractivity contribution < 1.29 is 17.9 Å². The highest BCUT2D eigenvalue weighted by atomic mass is 32.2. The number of nitrogens with one attached hydrogen (secondary N) is 1. The molecule has 3 aromatic carbocycles. The lowest BCUT2D eigenvalue weighted by molar-refractivity contribution is -0.121. The van der Waals surface area contributed by atoms with Gasteiger partial charge >= 0.3 is 0 Å². The molecule has 0 spiro atoms. The van der Waals surface area contributed by atoms with Gasteiger partial charge in [0, 0.05) is 13.6 Å². The minimum atomic E-state index is -3.76. The van der Waals surface area contributed by atoms with Gasteiger partial charge in [0.25, 0.3) is 0 Å². The van der Waals surface area contributed by atoms with Gasteiger partial charge in [-0.3, -0.25) is 4.79 Å². The van der Waals surface area contributed by atoms with Crippen molar-refractivity contribution in [1.29, 1.82) is 0 Å². The van der Waals surface area contributed by atoms with Crippen LogP contribution in [0.15, 0.2) is 71.6 Å². The van der Waals surface area contributed by atoms with Crippen molar-refractivity contribution in [2.24, 2.45) is 0 Å². The molecule has 0 fully saturated rings. The van der Waals surface area contributed by atoms with Crippen LogP contribution in [0.25, 0.3) is 10.8 Å². The Morgan fingerprint density at radius 3 is 2.39 bits per heavy atom. The Bertz CT molecular complexity index is 1070. The van der Waals surface area contributed by atoms with Crippen LogP contribution in [0, 0.1) is 0 Å². The van der Waals surface area contributed by atoms with Crippen LogP contribution in [0.1, 0.15) is 5.56 Å². The third-order valence-corrected chi connectivity index (χ3v) is 6.31. The summed E-state index contributed by atoms with van der Waals surface area (Å²) in [5.74, 6) is 0.196. The summed E-state index contributed by atoms with van der Waals surface area (Å²) >= 11 is 0. The van der Waals surface area contributed by atoms with Crippen LogP contribution in [0.2, 0.25) is 0 Å². The van der Waals surface area contributed by atoms with Crippen LogP contribution in [0.3, 0.4) is 0 Å². The maximum atomic E-state index is 12.6. The zero-order chi connectivity index (χ0) is 20.1. The molecule has 0 aliphatic rings. The summed E-state index contributed by atoms with van der Waals surface area (Å²) in [4.78, 5) is 12.4. The third kappa shape index (κ3) is 4.32. The van der Waals surface area contributed by atoms with Gasteiger partial charge in [-0.15, -0.1) is 0 Å². The largest absolute Gasteiger partial charge is 0.497 e. The molecule has 1 N–H and O–H groups in total. The number of fused-ring (bicyclic) bond motifs is 1. The molecule has 0 bridgehead atoms. The Kier molecular flexibility index (Phi) is 5.96. The van der Waals surface area contributed by atoms with Crippen molar-refractivity contribution >= 4 is 26.7 Å². The molecule has 6 nitrogen and oxygen atoms in total. The number of methoxy groups -OCH3 is 1. The van der Waals surface area contributed by atoms with E-state index in [9.17, 15) is 13.2 Å². The van der Waals surface area contributed by atoms with Crippen LogP contribution >= 0.6 is 0 Å². The number of rotatable bonds is 7. The quantitative estimate of drug-likeness (QED) is 0.664. The molecular formula is C21H22N2O4S. The smallest absolute Gasteiger partial charge is 0.243 e. The molecule has 0 saturated heterocycles. The van der Waals surface area contributed by atoms with Crippen molar-refractivity contribution in [1.82, 2.24) is 9.62 Å². The van der Waals surface area contributed by atoms with Crippen LogP contribution in [0.4, 0.5) is 0 Å². The number of carbonyl (C=O) groups excluding carboxylic acids is 1. The summed E-state index contributed by atoms with van der Waals surface area (Å²) in [5.41, 5.74) is 0.979. The van der Waals surface area contributed by atoms with Gasteiger partial charge in [-0.05, 0) is 40.6 Å². The monoisotopic (exact) mass is 398 g/mol. The number of hydrogen-bond donors (Lipinski definition) is 1. The Morgan fingerprint density at radius 1 is 1.00 bits per heavy atom. The Labute approximate surface area is 164 Å². The van der Waals surface area contributed by atoms with E-state index in [1.807, 2.05) is 42.5 Å². The molecule has 0 unspecified atom stereocenters. The first-order valence-corrected chi connectivity index (χ1v) is 10.2. The molecule has 0 radical (unpaired) electrons. The number of ether oxygens (including phenoxy) is 1. The van der Waals surface area contributed by atoms with Crippen LogP contribution in [-0.4, -0.2) is 39.3 Å². The molecule has 0 aliphatic carbocycles. The second kappa shape index (κ2) is 8.41. The van der Waals surface area contributed by atoms with Crippen LogP contribution in [0.5, 0.6) is 5.75 Å². The topological polar surface area (TPSA) is 75.7 Å². The SMILES string of the molecule is COc1ccc(S(=O)(=O)N(C)CC(=O)NCc2cccc3ccccc23)cc1. The second-order valence-corrected chi connectivity index (χ2v) is 8.40. The van der Waals surface area contributed by atoms with E-state index in [0.29, 0.717) is 12.3 Å². The molecule has 7 heteroatoms. The maximum absolute atomic E-state index is 12.6. The standard InChI is InChI=1S/C21H22N2O4S/c1-23(28(25,26)19-12-10-18(27-2)11-13-19)15-21(24)22-14-17-8-5-7-16-6-3-4-9-20(16)17/h3-13H,14-15H2,1-2H3,(H,22,24). The lowest BCUT2D eigenvalue weighted by Gasteiger charge is -2.17. The summed E-state index contributed by atoms with van der Waals surface area (Å²) < 4.78 is 31.3. The van der Waals surface area contributed by atoms with Gasteiger partial charge in [-0.1, -0.05) is 42.5 Å². The molecule has 3 aromatic rings. The van der Waals surface area contributed by atoms with E-state index in [-0.39, 0.29) is 17.3 Å². The van der Waals surface area contributed by atoms with E-state index in [0.717, 1.165) is 20.6 Å². The first kappa shape index (κ1) is 19.9. The van der Waals surface area contributed by atoms with Gasteiger partial charge in [0.2, 0.25) is 15.9 Å². The van der Waals surface area contributed by atoms with E-state index >= 15 is 0 Å². The van der Waals surface area contributed by atoms with Gasteiger partial charge in [0.1, 0.15) is 5.75 Å². The molecule has 0 aliphatic heterocycles. The zero-order valence-corrected chi connectivity index (χ0v) is 16.6. The molecular weight excluding hydrogens is 376 g/mol. The third-order valence-electron chi connectivity index (χ3n) is 4.49. The molecule has 0 heterocycles. The van der Waals surface area contributed by atoms with E-state index in [4.69, 9.17) is 4.74 Å². The Morgan fingerprint density at radius 2 is 1.68 bits per heavy atom. The van der Waals surface area contributed by atoms with E-state index < -0.39 is 10.0 Å². The number of amides is 1. The van der Waals surface area contributed by atoms with Crippen molar-refractivity contribution in [3.05, 3.63) is 72.3 Å². The fraction of sp³-hybridized carbons (Fsp3) is 0.190. The molecule has 0 aromatic heterocycles. The minimum Gasteiger partial charge on any atom is -0.497 e. The van der Waals surface area contributed by atoms with Crippen molar-refractivity contribution in [3.8, 4) is 5.75 Å². The second-order valence-electron chi connectivity index (χ2n) is 6.35. The molecule has 0 atom stereocenters. The maximum Gasteiger partial charge on any atom is 0.243 e. The molecule has 0 saturated carbocycles. The Balaban J connectivity index is 1.65. The first-order valence-electron chi connectivity index (χ1n) is 8.75. The number of hydrogen-bond acceptors (Lipinski definition) is 4.